The van der Waals surface area contributed by atoms with Gasteiger partial charge in [0.05, 0.1) is 18.1 Å². The van der Waals surface area contributed by atoms with Gasteiger partial charge in [-0.05, 0) is 66.8 Å². The summed E-state index contributed by atoms with van der Waals surface area (Å²) in [5.74, 6) is -0.584. The van der Waals surface area contributed by atoms with Gasteiger partial charge >= 0.3 is 12.1 Å². The molecule has 1 aromatic heterocycles. The molecule has 0 spiro atoms. The number of hydrogen-bond donors (Lipinski definition) is 5. The summed E-state index contributed by atoms with van der Waals surface area (Å²) in [6, 6.07) is 13.6. The molecular weight excluding hydrogens is 506 g/mol. The molecule has 0 atom stereocenters. The van der Waals surface area contributed by atoms with Crippen molar-refractivity contribution < 1.29 is 19.1 Å². The van der Waals surface area contributed by atoms with Gasteiger partial charge in [0, 0.05) is 31.0 Å². The third-order valence-electron chi connectivity index (χ3n) is 5.89. The van der Waals surface area contributed by atoms with Gasteiger partial charge in [0.15, 0.2) is 5.82 Å². The van der Waals surface area contributed by atoms with Gasteiger partial charge in [0.1, 0.15) is 5.56 Å². The number of hydrogen-bond acceptors (Lipinski definition) is 7. The van der Waals surface area contributed by atoms with Crippen LogP contribution in [0.2, 0.25) is 0 Å². The second-order valence-corrected chi connectivity index (χ2v) is 9.59. The Morgan fingerprint density at radius 1 is 1.00 bits per heavy atom. The Morgan fingerprint density at radius 3 is 2.45 bits per heavy atom. The molecule has 12 heteroatoms. The van der Waals surface area contributed by atoms with E-state index in [0.717, 1.165) is 56.4 Å². The number of amides is 5. The second kappa shape index (κ2) is 13.0. The minimum atomic E-state index is -0.698. The van der Waals surface area contributed by atoms with E-state index < -0.39 is 11.9 Å². The molecule has 2 aromatic carbocycles. The van der Waals surface area contributed by atoms with Crippen molar-refractivity contribution in [2.45, 2.75) is 13.3 Å². The summed E-state index contributed by atoms with van der Waals surface area (Å²) in [5.41, 5.74) is 8.75. The standard InChI is InChI=1S/C26H31N7O4S/c1-17-4-2-5-20(16-17)30-26(36)29-19-8-6-18(7-9-19)22-21(23(27)34)24(32-38-22)31-25(35)28-10-3-11-33-12-14-37-15-13-33/h2,4-9,16H,3,10-15H2,1H3,(H2,27,34)(H2,29,30,36)(H2,28,31,32,35). The quantitative estimate of drug-likeness (QED) is 0.263. The molecule has 5 amide bonds. The fourth-order valence-electron chi connectivity index (χ4n) is 4.00. The Labute approximate surface area is 224 Å². The van der Waals surface area contributed by atoms with Crippen LogP contribution in [0.5, 0.6) is 0 Å². The Balaban J connectivity index is 1.33. The molecule has 0 bridgehead atoms. The van der Waals surface area contributed by atoms with Gasteiger partial charge in [-0.25, -0.2) is 9.59 Å². The molecule has 200 valence electrons. The first-order valence-corrected chi connectivity index (χ1v) is 13.1. The summed E-state index contributed by atoms with van der Waals surface area (Å²) in [7, 11) is 0. The normalized spacial score (nSPS) is 13.5. The highest BCUT2D eigenvalue weighted by molar-refractivity contribution is 7.10. The van der Waals surface area contributed by atoms with Crippen molar-refractivity contribution in [1.82, 2.24) is 14.6 Å². The van der Waals surface area contributed by atoms with Crippen molar-refractivity contribution in [3.05, 3.63) is 59.7 Å². The third kappa shape index (κ3) is 7.51. The number of morpholine rings is 1. The molecule has 0 radical (unpaired) electrons. The van der Waals surface area contributed by atoms with Gasteiger partial charge in [0.25, 0.3) is 5.91 Å². The Hall–Kier alpha value is -4.00. The number of aromatic nitrogens is 1. The summed E-state index contributed by atoms with van der Waals surface area (Å²) in [4.78, 5) is 39.8. The minimum absolute atomic E-state index is 0.114. The number of carbonyl (C=O) groups is 3. The van der Waals surface area contributed by atoms with E-state index in [-0.39, 0.29) is 17.4 Å². The highest BCUT2D eigenvalue weighted by Gasteiger charge is 2.21. The van der Waals surface area contributed by atoms with Gasteiger partial charge in [-0.15, -0.1) is 0 Å². The van der Waals surface area contributed by atoms with Crippen molar-refractivity contribution in [3.8, 4) is 10.4 Å². The average molecular weight is 538 g/mol. The molecule has 3 aromatic rings. The molecule has 0 unspecified atom stereocenters. The number of nitrogens with zero attached hydrogens (tertiary/aromatic N) is 2. The van der Waals surface area contributed by atoms with Crippen LogP contribution in [0, 0.1) is 6.92 Å². The zero-order valence-electron chi connectivity index (χ0n) is 21.1. The van der Waals surface area contributed by atoms with Gasteiger partial charge in [-0.2, -0.15) is 4.37 Å². The van der Waals surface area contributed by atoms with E-state index in [1.165, 1.54) is 0 Å². The summed E-state index contributed by atoms with van der Waals surface area (Å²) in [6.07, 6.45) is 0.793. The molecule has 1 fully saturated rings. The molecule has 1 aliphatic heterocycles. The van der Waals surface area contributed by atoms with E-state index >= 15 is 0 Å². The lowest BCUT2D eigenvalue weighted by Crippen LogP contribution is -2.38. The van der Waals surface area contributed by atoms with Crippen LogP contribution in [0.1, 0.15) is 22.3 Å². The first kappa shape index (κ1) is 27.0. The summed E-state index contributed by atoms with van der Waals surface area (Å²) in [6.45, 7) is 6.56. The van der Waals surface area contributed by atoms with Crippen LogP contribution < -0.4 is 27.0 Å². The molecule has 6 N–H and O–H groups in total. The zero-order valence-corrected chi connectivity index (χ0v) is 21.9. The second-order valence-electron chi connectivity index (χ2n) is 8.81. The number of nitrogens with one attached hydrogen (secondary N) is 4. The Kier molecular flexibility index (Phi) is 9.25. The number of aryl methyl sites for hydroxylation is 1. The first-order valence-electron chi connectivity index (χ1n) is 12.3. The van der Waals surface area contributed by atoms with Crippen molar-refractivity contribution in [2.24, 2.45) is 5.73 Å². The predicted molar refractivity (Wildman–Crippen MR) is 149 cm³/mol. The van der Waals surface area contributed by atoms with Crippen molar-refractivity contribution >= 4 is 46.7 Å². The van der Waals surface area contributed by atoms with Gasteiger partial charge in [-0.3, -0.25) is 15.0 Å². The lowest BCUT2D eigenvalue weighted by molar-refractivity contribution is 0.0375. The van der Waals surface area contributed by atoms with Gasteiger partial charge < -0.3 is 26.4 Å². The molecule has 11 nitrogen and oxygen atoms in total. The number of rotatable bonds is 9. The van der Waals surface area contributed by atoms with Crippen LogP contribution in [0.15, 0.2) is 48.5 Å². The average Bonchev–Trinajstić information content (AvgIpc) is 3.31. The van der Waals surface area contributed by atoms with E-state index in [2.05, 4.69) is 30.5 Å². The summed E-state index contributed by atoms with van der Waals surface area (Å²) < 4.78 is 9.58. The van der Waals surface area contributed by atoms with Crippen LogP contribution in [-0.2, 0) is 4.74 Å². The maximum atomic E-state index is 12.4. The lowest BCUT2D eigenvalue weighted by atomic mass is 10.1. The molecule has 38 heavy (non-hydrogen) atoms. The molecule has 2 heterocycles. The maximum absolute atomic E-state index is 12.4. The number of nitrogens with two attached hydrogens (primary N) is 1. The summed E-state index contributed by atoms with van der Waals surface area (Å²) >= 11 is 1.06. The first-order chi connectivity index (χ1) is 18.4. The maximum Gasteiger partial charge on any atom is 0.323 e. The van der Waals surface area contributed by atoms with Crippen molar-refractivity contribution in [2.75, 3.05) is 55.3 Å². The zero-order chi connectivity index (χ0) is 26.9. The fourth-order valence-corrected chi connectivity index (χ4v) is 4.85. The van der Waals surface area contributed by atoms with E-state index in [4.69, 9.17) is 10.5 Å². The largest absolute Gasteiger partial charge is 0.379 e. The van der Waals surface area contributed by atoms with Crippen molar-refractivity contribution in [1.29, 1.82) is 0 Å². The number of primary amides is 1. The third-order valence-corrected chi connectivity index (χ3v) is 6.79. The highest BCUT2D eigenvalue weighted by atomic mass is 32.1. The van der Waals surface area contributed by atoms with Gasteiger partial charge in [0.2, 0.25) is 0 Å². The number of benzene rings is 2. The molecule has 1 aliphatic rings. The van der Waals surface area contributed by atoms with E-state index in [9.17, 15) is 14.4 Å². The van der Waals surface area contributed by atoms with E-state index in [1.807, 2.05) is 31.2 Å². The molecule has 4 rings (SSSR count). The molecule has 1 saturated heterocycles. The molecule has 0 aliphatic carbocycles. The Morgan fingerprint density at radius 2 is 1.74 bits per heavy atom. The monoisotopic (exact) mass is 537 g/mol. The predicted octanol–water partition coefficient (Wildman–Crippen LogP) is 3.71. The Bertz CT molecular complexity index is 1270. The van der Waals surface area contributed by atoms with Gasteiger partial charge in [-0.1, -0.05) is 24.3 Å². The minimum Gasteiger partial charge on any atom is -0.379 e. The smallest absolute Gasteiger partial charge is 0.323 e. The highest BCUT2D eigenvalue weighted by Crippen LogP contribution is 2.33. The number of carbonyl (C=O) groups excluding carboxylic acids is 3. The van der Waals surface area contributed by atoms with Crippen LogP contribution in [0.4, 0.5) is 26.8 Å². The molecular formula is C26H31N7O4S. The SMILES string of the molecule is Cc1cccc(NC(=O)Nc2ccc(-c3snc(NC(=O)NCCCN4CCOCC4)c3C(N)=O)cc2)c1. The number of urea groups is 2. The fraction of sp³-hybridized carbons (Fsp3) is 0.308. The van der Waals surface area contributed by atoms with Crippen molar-refractivity contribution in [3.63, 3.8) is 0 Å². The van der Waals surface area contributed by atoms with Crippen LogP contribution >= 0.6 is 11.5 Å². The van der Waals surface area contributed by atoms with E-state index in [0.29, 0.717) is 28.4 Å². The lowest BCUT2D eigenvalue weighted by Gasteiger charge is -2.26. The summed E-state index contributed by atoms with van der Waals surface area (Å²) in [5, 5.41) is 11.0. The topological polar surface area (TPSA) is 151 Å². The molecule has 0 saturated carbocycles. The van der Waals surface area contributed by atoms with Crippen LogP contribution in [0.25, 0.3) is 10.4 Å². The van der Waals surface area contributed by atoms with E-state index in [1.54, 1.807) is 24.3 Å². The van der Waals surface area contributed by atoms with Crippen LogP contribution in [-0.4, -0.2) is 66.6 Å². The number of ether oxygens (including phenoxy) is 1. The number of anilines is 3. The van der Waals surface area contributed by atoms with Crippen LogP contribution in [0.3, 0.4) is 0 Å².